The monoisotopic (exact) mass is 269 g/mol. The number of carboxylic acid groups (broad SMARTS) is 1. The number of carbonyl (C=O) groups is 2. The van der Waals surface area contributed by atoms with Crippen molar-refractivity contribution in [3.8, 4) is 0 Å². The summed E-state index contributed by atoms with van der Waals surface area (Å²) in [6, 6.07) is -0.710. The maximum absolute atomic E-state index is 11.9. The quantitative estimate of drug-likeness (QED) is 0.698. The Morgan fingerprint density at radius 1 is 1.21 bits per heavy atom. The van der Waals surface area contributed by atoms with E-state index in [1.165, 1.54) is 25.7 Å². The molecular weight excluding hydrogens is 242 g/mol. The first kappa shape index (κ1) is 16.0. The van der Waals surface area contributed by atoms with Gasteiger partial charge in [-0.3, -0.25) is 4.79 Å². The van der Waals surface area contributed by atoms with E-state index in [0.29, 0.717) is 18.8 Å². The van der Waals surface area contributed by atoms with Crippen LogP contribution in [0.2, 0.25) is 0 Å². The molecule has 0 aromatic carbocycles. The molecule has 0 radical (unpaired) electrons. The van der Waals surface area contributed by atoms with Crippen LogP contribution in [0.3, 0.4) is 0 Å². The lowest BCUT2D eigenvalue weighted by Gasteiger charge is -2.17. The van der Waals surface area contributed by atoms with Crippen molar-refractivity contribution < 1.29 is 14.7 Å². The van der Waals surface area contributed by atoms with Crippen LogP contribution in [0, 0.1) is 5.92 Å². The molecule has 0 aromatic rings. The van der Waals surface area contributed by atoms with E-state index in [-0.39, 0.29) is 5.91 Å². The van der Waals surface area contributed by atoms with Gasteiger partial charge in [-0.15, -0.1) is 0 Å². The van der Waals surface area contributed by atoms with Gasteiger partial charge in [-0.2, -0.15) is 0 Å². The van der Waals surface area contributed by atoms with Gasteiger partial charge in [0, 0.05) is 6.42 Å². The first-order valence-corrected chi connectivity index (χ1v) is 7.65. The molecule has 0 bridgehead atoms. The van der Waals surface area contributed by atoms with Crippen molar-refractivity contribution in [1.82, 2.24) is 5.32 Å². The maximum atomic E-state index is 11.9. The molecule has 1 saturated carbocycles. The lowest BCUT2D eigenvalue weighted by Crippen LogP contribution is -2.41. The minimum absolute atomic E-state index is 0.0876. The number of nitrogens with one attached hydrogen (secondary N) is 1. The molecule has 0 heterocycles. The number of hydrogen-bond donors (Lipinski definition) is 2. The highest BCUT2D eigenvalue weighted by Crippen LogP contribution is 2.25. The second-order valence-corrected chi connectivity index (χ2v) is 5.66. The van der Waals surface area contributed by atoms with Crippen LogP contribution in [0.1, 0.15) is 71.1 Å². The van der Waals surface area contributed by atoms with Gasteiger partial charge in [0.05, 0.1) is 0 Å². The third-order valence-corrected chi connectivity index (χ3v) is 3.93. The van der Waals surface area contributed by atoms with Crippen molar-refractivity contribution >= 4 is 11.9 Å². The third-order valence-electron chi connectivity index (χ3n) is 3.93. The van der Waals surface area contributed by atoms with Crippen LogP contribution < -0.4 is 5.32 Å². The molecule has 1 atom stereocenters. The molecule has 1 amide bonds. The van der Waals surface area contributed by atoms with Crippen LogP contribution in [0.15, 0.2) is 0 Å². The number of unbranched alkanes of at least 4 members (excludes halogenated alkanes) is 1. The summed E-state index contributed by atoms with van der Waals surface area (Å²) in [6.45, 7) is 2.02. The second kappa shape index (κ2) is 8.94. The van der Waals surface area contributed by atoms with E-state index in [1.807, 2.05) is 6.92 Å². The van der Waals surface area contributed by atoms with Gasteiger partial charge in [0.15, 0.2) is 0 Å². The molecule has 1 aliphatic rings. The predicted molar refractivity (Wildman–Crippen MR) is 74.9 cm³/mol. The number of hydrogen-bond acceptors (Lipinski definition) is 2. The van der Waals surface area contributed by atoms with Gasteiger partial charge in [0.2, 0.25) is 5.91 Å². The van der Waals surface area contributed by atoms with Crippen LogP contribution in [-0.4, -0.2) is 23.0 Å². The number of carbonyl (C=O) groups excluding carboxylic acids is 1. The smallest absolute Gasteiger partial charge is 0.326 e. The number of amides is 1. The average molecular weight is 269 g/mol. The van der Waals surface area contributed by atoms with Crippen LogP contribution in [-0.2, 0) is 9.59 Å². The molecule has 4 heteroatoms. The highest BCUT2D eigenvalue weighted by molar-refractivity contribution is 5.83. The van der Waals surface area contributed by atoms with E-state index in [0.717, 1.165) is 25.7 Å². The molecule has 1 aliphatic carbocycles. The van der Waals surface area contributed by atoms with Crippen LogP contribution in [0.5, 0.6) is 0 Å². The molecule has 1 fully saturated rings. The zero-order chi connectivity index (χ0) is 14.1. The van der Waals surface area contributed by atoms with Gasteiger partial charge in [-0.25, -0.2) is 4.79 Å². The Hall–Kier alpha value is -1.06. The Kier molecular flexibility index (Phi) is 7.53. The van der Waals surface area contributed by atoms with Crippen LogP contribution in [0.25, 0.3) is 0 Å². The Morgan fingerprint density at radius 3 is 2.37 bits per heavy atom. The molecule has 0 spiro atoms. The highest BCUT2D eigenvalue weighted by atomic mass is 16.4. The first-order chi connectivity index (χ1) is 9.13. The van der Waals surface area contributed by atoms with Crippen molar-refractivity contribution in [3.05, 3.63) is 0 Å². The molecule has 0 aromatic heterocycles. The Balaban J connectivity index is 2.36. The minimum atomic E-state index is -0.914. The van der Waals surface area contributed by atoms with Crippen molar-refractivity contribution in [2.75, 3.05) is 0 Å². The zero-order valence-corrected chi connectivity index (χ0v) is 12.0. The fraction of sp³-hybridized carbons (Fsp3) is 0.867. The molecule has 0 saturated heterocycles. The van der Waals surface area contributed by atoms with Crippen molar-refractivity contribution in [2.45, 2.75) is 77.2 Å². The van der Waals surface area contributed by atoms with Gasteiger partial charge < -0.3 is 10.4 Å². The number of aliphatic carboxylic acids is 1. The summed E-state index contributed by atoms with van der Waals surface area (Å²) in [4.78, 5) is 23.0. The standard InChI is InChI=1S/C15H27NO3/c1-2-3-10-13(15(18)19)16-14(17)11-12-8-6-4-5-7-9-12/h12-13H,2-11H2,1H3,(H,16,17)(H,18,19)/t13-/m0/s1. The molecule has 19 heavy (non-hydrogen) atoms. The predicted octanol–water partition coefficient (Wildman–Crippen LogP) is 3.11. The fourth-order valence-electron chi connectivity index (χ4n) is 2.75. The lowest BCUT2D eigenvalue weighted by atomic mass is 9.96. The summed E-state index contributed by atoms with van der Waals surface area (Å²) in [6.07, 6.45) is 9.98. The van der Waals surface area contributed by atoms with Crippen LogP contribution >= 0.6 is 0 Å². The van der Waals surface area contributed by atoms with Gasteiger partial charge in [-0.05, 0) is 25.2 Å². The normalized spacial score (nSPS) is 18.6. The van der Waals surface area contributed by atoms with Gasteiger partial charge >= 0.3 is 5.97 Å². The SMILES string of the molecule is CCCC[C@H](NC(=O)CC1CCCCCC1)C(=O)O. The van der Waals surface area contributed by atoms with Gasteiger partial charge in [0.25, 0.3) is 0 Å². The molecule has 0 aliphatic heterocycles. The lowest BCUT2D eigenvalue weighted by molar-refractivity contribution is -0.142. The summed E-state index contributed by atoms with van der Waals surface area (Å²) in [5.41, 5.74) is 0. The third kappa shape index (κ3) is 6.60. The molecular formula is C15H27NO3. The Morgan fingerprint density at radius 2 is 1.84 bits per heavy atom. The zero-order valence-electron chi connectivity index (χ0n) is 12.0. The van der Waals surface area contributed by atoms with Gasteiger partial charge in [-0.1, -0.05) is 45.4 Å². The summed E-state index contributed by atoms with van der Waals surface area (Å²) >= 11 is 0. The van der Waals surface area contributed by atoms with E-state index in [1.54, 1.807) is 0 Å². The molecule has 0 unspecified atom stereocenters. The average Bonchev–Trinajstić information content (AvgIpc) is 2.62. The molecule has 110 valence electrons. The number of rotatable bonds is 7. The van der Waals surface area contributed by atoms with Crippen molar-refractivity contribution in [3.63, 3.8) is 0 Å². The second-order valence-electron chi connectivity index (χ2n) is 5.66. The van der Waals surface area contributed by atoms with E-state index in [2.05, 4.69) is 5.32 Å². The number of carboxylic acids is 1. The molecule has 2 N–H and O–H groups in total. The maximum Gasteiger partial charge on any atom is 0.326 e. The van der Waals surface area contributed by atoms with E-state index in [4.69, 9.17) is 5.11 Å². The minimum Gasteiger partial charge on any atom is -0.480 e. The van der Waals surface area contributed by atoms with E-state index >= 15 is 0 Å². The summed E-state index contributed by atoms with van der Waals surface area (Å²) in [5, 5.41) is 11.8. The Labute approximate surface area is 116 Å². The van der Waals surface area contributed by atoms with E-state index in [9.17, 15) is 9.59 Å². The topological polar surface area (TPSA) is 66.4 Å². The summed E-state index contributed by atoms with van der Waals surface area (Å²) in [7, 11) is 0. The molecule has 4 nitrogen and oxygen atoms in total. The summed E-state index contributed by atoms with van der Waals surface area (Å²) < 4.78 is 0. The van der Waals surface area contributed by atoms with Crippen LogP contribution in [0.4, 0.5) is 0 Å². The highest BCUT2D eigenvalue weighted by Gasteiger charge is 2.21. The first-order valence-electron chi connectivity index (χ1n) is 7.65. The van der Waals surface area contributed by atoms with Crippen molar-refractivity contribution in [1.29, 1.82) is 0 Å². The van der Waals surface area contributed by atoms with Gasteiger partial charge in [0.1, 0.15) is 6.04 Å². The van der Waals surface area contributed by atoms with E-state index < -0.39 is 12.0 Å². The Bertz CT molecular complexity index is 283. The fourth-order valence-corrected chi connectivity index (χ4v) is 2.75. The molecule has 1 rings (SSSR count). The largest absolute Gasteiger partial charge is 0.480 e. The summed E-state index contributed by atoms with van der Waals surface area (Å²) in [5.74, 6) is -0.554. The van der Waals surface area contributed by atoms with Crippen molar-refractivity contribution in [2.24, 2.45) is 5.92 Å².